The third kappa shape index (κ3) is 2.01. The quantitative estimate of drug-likeness (QED) is 0.623. The molecule has 2 rings (SSSR count). The zero-order valence-corrected chi connectivity index (χ0v) is 9.68. The minimum atomic E-state index is -0.345. The number of urea groups is 1. The van der Waals surface area contributed by atoms with Gasteiger partial charge in [-0.05, 0) is 5.56 Å². The summed E-state index contributed by atoms with van der Waals surface area (Å²) in [6, 6.07) is 8.91. The van der Waals surface area contributed by atoms with Crippen molar-refractivity contribution in [2.24, 2.45) is 0 Å². The van der Waals surface area contributed by atoms with Crippen molar-refractivity contribution in [2.75, 3.05) is 18.8 Å². The Hall–Kier alpha value is -1.20. The summed E-state index contributed by atoms with van der Waals surface area (Å²) in [7, 11) is 0. The van der Waals surface area contributed by atoms with E-state index in [0.717, 1.165) is 10.6 Å². The summed E-state index contributed by atoms with van der Waals surface area (Å²) < 4.78 is 0. The van der Waals surface area contributed by atoms with E-state index in [0.29, 0.717) is 18.8 Å². The molecule has 2 amide bonds. The molecule has 16 heavy (non-hydrogen) atoms. The van der Waals surface area contributed by atoms with Crippen molar-refractivity contribution in [2.45, 2.75) is 6.04 Å². The number of hydroxylamine groups is 2. The number of hydrogen-bond acceptors (Lipinski definition) is 3. The first kappa shape index (κ1) is 11.3. The Morgan fingerprint density at radius 3 is 2.69 bits per heavy atom. The van der Waals surface area contributed by atoms with Crippen LogP contribution < -0.4 is 0 Å². The zero-order valence-electron chi connectivity index (χ0n) is 8.78. The average Bonchev–Trinajstić information content (AvgIpc) is 2.59. The van der Waals surface area contributed by atoms with Crippen molar-refractivity contribution in [3.8, 4) is 0 Å². The summed E-state index contributed by atoms with van der Waals surface area (Å²) >= 11 is 4.09. The maximum atomic E-state index is 11.6. The van der Waals surface area contributed by atoms with E-state index >= 15 is 0 Å². The number of nitrogens with zero attached hydrogens (tertiary/aromatic N) is 2. The van der Waals surface area contributed by atoms with Crippen LogP contribution in [-0.4, -0.2) is 40.0 Å². The largest absolute Gasteiger partial charge is 0.344 e. The highest BCUT2D eigenvalue weighted by Gasteiger charge is 2.36. The highest BCUT2D eigenvalue weighted by atomic mass is 32.1. The summed E-state index contributed by atoms with van der Waals surface area (Å²) in [5.41, 5.74) is 0.944. The van der Waals surface area contributed by atoms with E-state index in [2.05, 4.69) is 12.6 Å². The first-order valence-corrected chi connectivity index (χ1v) is 5.80. The molecule has 1 fully saturated rings. The van der Waals surface area contributed by atoms with E-state index < -0.39 is 0 Å². The molecule has 0 aromatic heterocycles. The molecule has 1 N–H and O–H groups in total. The fraction of sp³-hybridized carbons (Fsp3) is 0.364. The van der Waals surface area contributed by atoms with Crippen molar-refractivity contribution in [1.82, 2.24) is 9.96 Å². The molecule has 0 saturated carbocycles. The summed E-state index contributed by atoms with van der Waals surface area (Å²) in [5, 5.41) is 10.5. The predicted octanol–water partition coefficient (Wildman–Crippen LogP) is 1.78. The van der Waals surface area contributed by atoms with Gasteiger partial charge in [-0.1, -0.05) is 30.3 Å². The van der Waals surface area contributed by atoms with Gasteiger partial charge in [-0.3, -0.25) is 5.21 Å². The van der Waals surface area contributed by atoms with E-state index in [4.69, 9.17) is 0 Å². The number of benzene rings is 1. The second-order valence-corrected chi connectivity index (χ2v) is 4.17. The molecule has 0 bridgehead atoms. The fourth-order valence-corrected chi connectivity index (χ4v) is 2.11. The van der Waals surface area contributed by atoms with Crippen LogP contribution in [0.1, 0.15) is 11.6 Å². The third-order valence-electron chi connectivity index (χ3n) is 2.71. The van der Waals surface area contributed by atoms with Gasteiger partial charge in [0.05, 0.1) is 0 Å². The number of carbonyl (C=O) groups excluding carboxylic acids is 1. The summed E-state index contributed by atoms with van der Waals surface area (Å²) in [4.78, 5) is 13.2. The normalized spacial score (nSPS) is 20.6. The van der Waals surface area contributed by atoms with Crippen LogP contribution in [-0.2, 0) is 0 Å². The standard InChI is InChI=1S/C11H14N2O2S/c14-11-12(6-7-16)8-10(13(11)15)9-4-2-1-3-5-9/h1-5,10,15-16H,6-8H2. The van der Waals surface area contributed by atoms with E-state index in [-0.39, 0.29) is 12.1 Å². The Kier molecular flexibility index (Phi) is 3.36. The van der Waals surface area contributed by atoms with Crippen LogP contribution in [0.25, 0.3) is 0 Å². The maximum absolute atomic E-state index is 11.6. The molecule has 0 spiro atoms. The number of thiol groups is 1. The van der Waals surface area contributed by atoms with Gasteiger partial charge >= 0.3 is 6.03 Å². The van der Waals surface area contributed by atoms with Gasteiger partial charge in [-0.2, -0.15) is 17.7 Å². The first-order valence-electron chi connectivity index (χ1n) is 5.17. The lowest BCUT2D eigenvalue weighted by molar-refractivity contribution is -0.0593. The Bertz CT molecular complexity index is 372. The van der Waals surface area contributed by atoms with Crippen molar-refractivity contribution in [3.05, 3.63) is 35.9 Å². The lowest BCUT2D eigenvalue weighted by Gasteiger charge is -2.15. The SMILES string of the molecule is O=C1N(CCS)CC(c2ccccc2)N1O. The van der Waals surface area contributed by atoms with Gasteiger partial charge in [0.25, 0.3) is 0 Å². The van der Waals surface area contributed by atoms with Crippen LogP contribution in [0.2, 0.25) is 0 Å². The Morgan fingerprint density at radius 2 is 2.06 bits per heavy atom. The molecule has 1 atom stereocenters. The van der Waals surface area contributed by atoms with Crippen LogP contribution in [0.3, 0.4) is 0 Å². The Labute approximate surface area is 99.8 Å². The van der Waals surface area contributed by atoms with Crippen molar-refractivity contribution < 1.29 is 10.0 Å². The number of rotatable bonds is 3. The summed E-state index contributed by atoms with van der Waals surface area (Å²) in [5.74, 6) is 0.598. The minimum absolute atomic E-state index is 0.270. The van der Waals surface area contributed by atoms with Gasteiger partial charge in [0.2, 0.25) is 0 Å². The Morgan fingerprint density at radius 1 is 1.38 bits per heavy atom. The molecule has 0 aliphatic carbocycles. The van der Waals surface area contributed by atoms with Gasteiger partial charge in [-0.25, -0.2) is 4.79 Å². The molecular formula is C11H14N2O2S. The second kappa shape index (κ2) is 4.76. The summed E-state index contributed by atoms with van der Waals surface area (Å²) in [6.45, 7) is 1.07. The van der Waals surface area contributed by atoms with Crippen LogP contribution in [0.5, 0.6) is 0 Å². The molecule has 1 unspecified atom stereocenters. The fourth-order valence-electron chi connectivity index (χ4n) is 1.87. The molecular weight excluding hydrogens is 224 g/mol. The first-order chi connectivity index (χ1) is 7.74. The van der Waals surface area contributed by atoms with Crippen LogP contribution in [0.15, 0.2) is 30.3 Å². The van der Waals surface area contributed by atoms with Gasteiger partial charge in [-0.15, -0.1) is 0 Å². The predicted molar refractivity (Wildman–Crippen MR) is 63.6 cm³/mol. The topological polar surface area (TPSA) is 43.8 Å². The molecule has 5 heteroatoms. The molecule has 1 aromatic carbocycles. The number of hydrogen-bond donors (Lipinski definition) is 2. The van der Waals surface area contributed by atoms with Gasteiger partial charge in [0.15, 0.2) is 0 Å². The molecule has 4 nitrogen and oxygen atoms in total. The lowest BCUT2D eigenvalue weighted by atomic mass is 10.1. The van der Waals surface area contributed by atoms with Crippen LogP contribution >= 0.6 is 12.6 Å². The number of amides is 2. The average molecular weight is 238 g/mol. The van der Waals surface area contributed by atoms with Gasteiger partial charge in [0, 0.05) is 18.8 Å². The van der Waals surface area contributed by atoms with Crippen LogP contribution in [0.4, 0.5) is 4.79 Å². The molecule has 1 aliphatic rings. The minimum Gasteiger partial charge on any atom is -0.320 e. The van der Waals surface area contributed by atoms with E-state index in [9.17, 15) is 10.0 Å². The number of carbonyl (C=O) groups is 1. The molecule has 1 aromatic rings. The van der Waals surface area contributed by atoms with E-state index in [1.807, 2.05) is 30.3 Å². The highest BCUT2D eigenvalue weighted by Crippen LogP contribution is 2.27. The van der Waals surface area contributed by atoms with Gasteiger partial charge in [0.1, 0.15) is 6.04 Å². The molecule has 86 valence electrons. The van der Waals surface area contributed by atoms with Gasteiger partial charge < -0.3 is 4.90 Å². The van der Waals surface area contributed by atoms with E-state index in [1.165, 1.54) is 0 Å². The zero-order chi connectivity index (χ0) is 11.5. The molecule has 1 aliphatic heterocycles. The van der Waals surface area contributed by atoms with E-state index in [1.54, 1.807) is 4.90 Å². The lowest BCUT2D eigenvalue weighted by Crippen LogP contribution is -2.31. The monoisotopic (exact) mass is 238 g/mol. The smallest absolute Gasteiger partial charge is 0.320 e. The molecule has 1 heterocycles. The van der Waals surface area contributed by atoms with Crippen molar-refractivity contribution in [1.29, 1.82) is 0 Å². The van der Waals surface area contributed by atoms with Crippen molar-refractivity contribution in [3.63, 3.8) is 0 Å². The maximum Gasteiger partial charge on any atom is 0.344 e. The Balaban J connectivity index is 2.16. The summed E-state index contributed by atoms with van der Waals surface area (Å²) in [6.07, 6.45) is 0. The third-order valence-corrected chi connectivity index (χ3v) is 2.91. The molecule has 0 radical (unpaired) electrons. The van der Waals surface area contributed by atoms with Crippen molar-refractivity contribution >= 4 is 18.7 Å². The molecule has 1 saturated heterocycles. The highest BCUT2D eigenvalue weighted by molar-refractivity contribution is 7.80. The van der Waals surface area contributed by atoms with Crippen LogP contribution in [0, 0.1) is 0 Å². The second-order valence-electron chi connectivity index (χ2n) is 3.72.